The lowest BCUT2D eigenvalue weighted by Crippen LogP contribution is -2.18. The second kappa shape index (κ2) is 6.79. The normalized spacial score (nSPS) is 14.3. The average Bonchev–Trinajstić information content (AvgIpc) is 3.43. The third-order valence-corrected chi connectivity index (χ3v) is 6.06. The van der Waals surface area contributed by atoms with E-state index in [0.29, 0.717) is 23.0 Å². The molecule has 1 aromatic carbocycles. The Bertz CT molecular complexity index is 1070. The average molecular weight is 383 g/mol. The standard InChI is InChI=1S/C19H21N5O2S/c1-20-27(25,26)15-6-7-17(16(9-15)18-11-24(2)12-22-18)23-19-8-5-14(10-21-19)13-3-4-13/h5-13,20H,3-4H2,1-2H3,(H,21,23). The Hall–Kier alpha value is -2.71. The number of hydrogen-bond donors (Lipinski definition) is 2. The number of benzene rings is 1. The molecule has 2 aromatic heterocycles. The molecule has 0 aliphatic heterocycles. The van der Waals surface area contributed by atoms with E-state index in [1.54, 1.807) is 24.5 Å². The second-order valence-electron chi connectivity index (χ2n) is 6.72. The van der Waals surface area contributed by atoms with E-state index in [1.165, 1.54) is 25.5 Å². The maximum atomic E-state index is 12.2. The summed E-state index contributed by atoms with van der Waals surface area (Å²) in [5.74, 6) is 1.36. The van der Waals surface area contributed by atoms with Crippen LogP contribution in [0.25, 0.3) is 11.3 Å². The number of rotatable bonds is 6. The first-order valence-electron chi connectivity index (χ1n) is 8.75. The highest BCUT2D eigenvalue weighted by Gasteiger charge is 2.23. The predicted octanol–water partition coefficient (Wildman–Crippen LogP) is 3.01. The molecular weight excluding hydrogens is 362 g/mol. The van der Waals surface area contributed by atoms with Gasteiger partial charge >= 0.3 is 0 Å². The topological polar surface area (TPSA) is 88.9 Å². The van der Waals surface area contributed by atoms with Crippen LogP contribution in [0, 0.1) is 0 Å². The van der Waals surface area contributed by atoms with Crippen LogP contribution in [0.4, 0.5) is 11.5 Å². The van der Waals surface area contributed by atoms with E-state index < -0.39 is 10.0 Å². The SMILES string of the molecule is CNS(=O)(=O)c1ccc(Nc2ccc(C3CC3)cn2)c(-c2cn(C)cn2)c1. The number of imidazole rings is 1. The molecule has 0 unspecified atom stereocenters. The fraction of sp³-hybridized carbons (Fsp3) is 0.263. The quantitative estimate of drug-likeness (QED) is 0.683. The molecule has 0 spiro atoms. The van der Waals surface area contributed by atoms with E-state index in [1.807, 2.05) is 30.1 Å². The fourth-order valence-electron chi connectivity index (χ4n) is 2.96. The highest BCUT2D eigenvalue weighted by molar-refractivity contribution is 7.89. The minimum absolute atomic E-state index is 0.188. The molecule has 27 heavy (non-hydrogen) atoms. The summed E-state index contributed by atoms with van der Waals surface area (Å²) in [4.78, 5) is 9.05. The van der Waals surface area contributed by atoms with E-state index in [9.17, 15) is 8.42 Å². The molecule has 0 radical (unpaired) electrons. The van der Waals surface area contributed by atoms with Crippen molar-refractivity contribution in [2.45, 2.75) is 23.7 Å². The lowest BCUT2D eigenvalue weighted by molar-refractivity contribution is 0.588. The smallest absolute Gasteiger partial charge is 0.240 e. The molecule has 0 saturated heterocycles. The van der Waals surface area contributed by atoms with Crippen molar-refractivity contribution in [3.05, 3.63) is 54.6 Å². The van der Waals surface area contributed by atoms with Gasteiger partial charge in [-0.2, -0.15) is 0 Å². The maximum Gasteiger partial charge on any atom is 0.240 e. The van der Waals surface area contributed by atoms with Gasteiger partial charge in [0.1, 0.15) is 5.82 Å². The summed E-state index contributed by atoms with van der Waals surface area (Å²) < 4.78 is 28.6. The molecule has 2 heterocycles. The van der Waals surface area contributed by atoms with Gasteiger partial charge in [0.05, 0.1) is 16.9 Å². The van der Waals surface area contributed by atoms with Gasteiger partial charge in [-0.25, -0.2) is 23.1 Å². The monoisotopic (exact) mass is 383 g/mol. The fourth-order valence-corrected chi connectivity index (χ4v) is 3.71. The molecule has 0 amide bonds. The van der Waals surface area contributed by atoms with Gasteiger partial charge in [-0.15, -0.1) is 0 Å². The van der Waals surface area contributed by atoms with Gasteiger partial charge in [0.15, 0.2) is 0 Å². The van der Waals surface area contributed by atoms with Crippen LogP contribution in [0.1, 0.15) is 24.3 Å². The summed E-state index contributed by atoms with van der Waals surface area (Å²) in [6.45, 7) is 0. The predicted molar refractivity (Wildman–Crippen MR) is 104 cm³/mol. The number of nitrogens with zero attached hydrogens (tertiary/aromatic N) is 3. The van der Waals surface area contributed by atoms with Crippen molar-refractivity contribution >= 4 is 21.5 Å². The lowest BCUT2D eigenvalue weighted by atomic mass is 10.1. The summed E-state index contributed by atoms with van der Waals surface area (Å²) in [6.07, 6.45) is 7.90. The van der Waals surface area contributed by atoms with Crippen molar-refractivity contribution in [1.29, 1.82) is 0 Å². The van der Waals surface area contributed by atoms with Gasteiger partial charge in [0.2, 0.25) is 10.0 Å². The molecule has 0 atom stereocenters. The van der Waals surface area contributed by atoms with Crippen molar-refractivity contribution in [2.24, 2.45) is 7.05 Å². The van der Waals surface area contributed by atoms with Crippen LogP contribution in [-0.2, 0) is 17.1 Å². The van der Waals surface area contributed by atoms with Gasteiger partial charge in [0.25, 0.3) is 0 Å². The van der Waals surface area contributed by atoms with Crippen molar-refractivity contribution in [2.75, 3.05) is 12.4 Å². The van der Waals surface area contributed by atoms with Crippen LogP contribution < -0.4 is 10.0 Å². The Morgan fingerprint density at radius 3 is 2.56 bits per heavy atom. The molecule has 1 saturated carbocycles. The lowest BCUT2D eigenvalue weighted by Gasteiger charge is -2.13. The Labute approximate surface area is 158 Å². The van der Waals surface area contributed by atoms with Gasteiger partial charge in [-0.05, 0) is 55.6 Å². The summed E-state index contributed by atoms with van der Waals surface area (Å²) >= 11 is 0. The van der Waals surface area contributed by atoms with Crippen molar-refractivity contribution in [1.82, 2.24) is 19.3 Å². The Morgan fingerprint density at radius 1 is 1.15 bits per heavy atom. The van der Waals surface area contributed by atoms with Crippen LogP contribution >= 0.6 is 0 Å². The molecule has 4 rings (SSSR count). The van der Waals surface area contributed by atoms with Gasteiger partial charge in [-0.3, -0.25) is 0 Å². The first-order valence-corrected chi connectivity index (χ1v) is 10.2. The number of sulfonamides is 1. The van der Waals surface area contributed by atoms with Gasteiger partial charge < -0.3 is 9.88 Å². The molecule has 140 valence electrons. The molecule has 0 bridgehead atoms. The number of anilines is 2. The van der Waals surface area contributed by atoms with E-state index in [4.69, 9.17) is 0 Å². The number of aromatic nitrogens is 3. The molecular formula is C19H21N5O2S. The third kappa shape index (κ3) is 3.72. The molecule has 2 N–H and O–H groups in total. The largest absolute Gasteiger partial charge is 0.340 e. The van der Waals surface area contributed by atoms with Crippen molar-refractivity contribution in [3.8, 4) is 11.3 Å². The molecule has 1 fully saturated rings. The first-order chi connectivity index (χ1) is 13.0. The number of aryl methyl sites for hydroxylation is 1. The summed E-state index contributed by atoms with van der Waals surface area (Å²) in [6, 6.07) is 8.97. The van der Waals surface area contributed by atoms with Gasteiger partial charge in [0, 0.05) is 30.7 Å². The number of hydrogen-bond acceptors (Lipinski definition) is 5. The van der Waals surface area contributed by atoms with E-state index in [2.05, 4.69) is 26.1 Å². The Morgan fingerprint density at radius 2 is 1.96 bits per heavy atom. The zero-order valence-electron chi connectivity index (χ0n) is 15.2. The van der Waals surface area contributed by atoms with Crippen LogP contribution in [0.3, 0.4) is 0 Å². The molecule has 8 heteroatoms. The van der Waals surface area contributed by atoms with E-state index in [0.717, 1.165) is 5.69 Å². The van der Waals surface area contributed by atoms with Crippen LogP contribution in [0.15, 0.2) is 53.9 Å². The van der Waals surface area contributed by atoms with Crippen molar-refractivity contribution in [3.63, 3.8) is 0 Å². The van der Waals surface area contributed by atoms with E-state index >= 15 is 0 Å². The minimum atomic E-state index is -3.55. The number of pyridine rings is 1. The Kier molecular flexibility index (Phi) is 4.45. The van der Waals surface area contributed by atoms with Crippen molar-refractivity contribution < 1.29 is 8.42 Å². The van der Waals surface area contributed by atoms with Crippen LogP contribution in [0.2, 0.25) is 0 Å². The third-order valence-electron chi connectivity index (χ3n) is 4.65. The first kappa shape index (κ1) is 17.7. The second-order valence-corrected chi connectivity index (χ2v) is 8.60. The maximum absolute atomic E-state index is 12.2. The highest BCUT2D eigenvalue weighted by atomic mass is 32.2. The van der Waals surface area contributed by atoms with Crippen LogP contribution in [-0.4, -0.2) is 30.0 Å². The molecule has 1 aliphatic carbocycles. The van der Waals surface area contributed by atoms with Gasteiger partial charge in [-0.1, -0.05) is 6.07 Å². The minimum Gasteiger partial charge on any atom is -0.340 e. The Balaban J connectivity index is 1.72. The number of nitrogens with one attached hydrogen (secondary N) is 2. The summed E-state index contributed by atoms with van der Waals surface area (Å²) in [5.41, 5.74) is 3.39. The molecule has 1 aliphatic rings. The van der Waals surface area contributed by atoms with E-state index in [-0.39, 0.29) is 4.90 Å². The summed E-state index contributed by atoms with van der Waals surface area (Å²) in [5, 5.41) is 3.29. The molecule has 3 aromatic rings. The highest BCUT2D eigenvalue weighted by Crippen LogP contribution is 2.40. The van der Waals surface area contributed by atoms with Crippen LogP contribution in [0.5, 0.6) is 0 Å². The zero-order valence-corrected chi connectivity index (χ0v) is 16.0. The zero-order chi connectivity index (χ0) is 19.0. The molecule has 7 nitrogen and oxygen atoms in total. The summed E-state index contributed by atoms with van der Waals surface area (Å²) in [7, 11) is -0.281.